The van der Waals surface area contributed by atoms with Crippen LogP contribution in [0, 0.1) is 0 Å². The summed E-state index contributed by atoms with van der Waals surface area (Å²) in [5, 5.41) is 8.24. The van der Waals surface area contributed by atoms with Gasteiger partial charge in [-0.2, -0.15) is 0 Å². The highest BCUT2D eigenvalue weighted by atomic mass is 16.4. The first-order chi connectivity index (χ1) is 7.59. The van der Waals surface area contributed by atoms with Crippen molar-refractivity contribution < 1.29 is 19.5 Å². The molecule has 0 aromatic heterocycles. The van der Waals surface area contributed by atoms with Gasteiger partial charge < -0.3 is 26.2 Å². The molecule has 5 N–H and O–H groups in total. The van der Waals surface area contributed by atoms with Crippen LogP contribution in [-0.2, 0) is 14.4 Å². The van der Waals surface area contributed by atoms with Crippen molar-refractivity contribution in [2.75, 3.05) is 6.54 Å². The van der Waals surface area contributed by atoms with E-state index >= 15 is 0 Å². The molecule has 0 spiro atoms. The molecule has 0 aliphatic carbocycles. The van der Waals surface area contributed by atoms with Gasteiger partial charge in [-0.15, -0.1) is 0 Å². The van der Waals surface area contributed by atoms with Crippen LogP contribution in [0.5, 0.6) is 0 Å². The Kier molecular flexibility index (Phi) is 14.7. The molecule has 6 heteroatoms. The van der Waals surface area contributed by atoms with Gasteiger partial charge in [-0.25, -0.2) is 0 Å². The van der Waals surface area contributed by atoms with Gasteiger partial charge in [-0.1, -0.05) is 0 Å². The number of nitrogens with two attached hydrogens (primary N) is 2. The minimum atomic E-state index is -0.955. The lowest BCUT2D eigenvalue weighted by Crippen LogP contribution is -2.30. The lowest BCUT2D eigenvalue weighted by molar-refractivity contribution is -0.138. The summed E-state index contributed by atoms with van der Waals surface area (Å²) >= 11 is 0. The second kappa shape index (κ2) is 13.7. The topological polar surface area (TPSA) is 123 Å². The molecule has 0 fully saturated rings. The summed E-state index contributed by atoms with van der Waals surface area (Å²) in [6.07, 6.45) is 4.51. The van der Waals surface area contributed by atoms with Crippen LogP contribution in [-0.4, -0.2) is 36.2 Å². The Balaban J connectivity index is 0. The highest BCUT2D eigenvalue weighted by molar-refractivity contribution is 5.72. The van der Waals surface area contributed by atoms with E-state index in [0.29, 0.717) is 38.6 Å². The first-order valence-electron chi connectivity index (χ1n) is 5.15. The van der Waals surface area contributed by atoms with E-state index in [1.807, 2.05) is 0 Å². The van der Waals surface area contributed by atoms with Crippen molar-refractivity contribution in [1.29, 1.82) is 0 Å². The molecule has 0 heterocycles. The summed E-state index contributed by atoms with van der Waals surface area (Å²) in [7, 11) is 0. The third kappa shape index (κ3) is 15.2. The number of carbonyl (C=O) groups excluding carboxylic acids is 2. The average Bonchev–Trinajstić information content (AvgIpc) is 2.27. The van der Waals surface area contributed by atoms with Crippen LogP contribution in [0.2, 0.25) is 0 Å². The van der Waals surface area contributed by atoms with E-state index in [9.17, 15) is 14.4 Å². The maximum atomic E-state index is 10.0. The predicted molar refractivity (Wildman–Crippen MR) is 59.9 cm³/mol. The number of aliphatic carboxylic acids is 1. The Morgan fingerprint density at radius 3 is 2.00 bits per heavy atom. The molecule has 0 amide bonds. The van der Waals surface area contributed by atoms with E-state index in [1.165, 1.54) is 0 Å². The molecule has 0 saturated heterocycles. The number of hydrogen-bond donors (Lipinski definition) is 3. The minimum absolute atomic E-state index is 0.464. The third-order valence-corrected chi connectivity index (χ3v) is 1.68. The zero-order valence-electron chi connectivity index (χ0n) is 9.30. The summed E-state index contributed by atoms with van der Waals surface area (Å²) in [4.78, 5) is 29.2. The van der Waals surface area contributed by atoms with Crippen LogP contribution in [0.3, 0.4) is 0 Å². The predicted octanol–water partition coefficient (Wildman–Crippen LogP) is -0.308. The summed E-state index contributed by atoms with van der Waals surface area (Å²) in [5.74, 6) is -0.955. The van der Waals surface area contributed by atoms with Crippen LogP contribution in [0.15, 0.2) is 0 Å². The highest BCUT2D eigenvalue weighted by Crippen LogP contribution is 1.91. The maximum absolute atomic E-state index is 10.0. The standard InChI is InChI=1S/C5H12N2O2.C5H8O2/c6-3-1-2-4(7)5(8)9;6-4-2-1-3-5-7/h4H,1-3,6-7H2,(H,8,9);4-5H,1-3H2/t4-;/m0./s1. The van der Waals surface area contributed by atoms with Gasteiger partial charge in [0.2, 0.25) is 0 Å². The van der Waals surface area contributed by atoms with Crippen LogP contribution < -0.4 is 11.5 Å². The Morgan fingerprint density at radius 2 is 1.69 bits per heavy atom. The summed E-state index contributed by atoms with van der Waals surface area (Å²) in [6, 6.07) is -0.742. The second-order valence-electron chi connectivity index (χ2n) is 3.14. The van der Waals surface area contributed by atoms with Crippen LogP contribution in [0.25, 0.3) is 0 Å². The van der Waals surface area contributed by atoms with Gasteiger partial charge in [-0.3, -0.25) is 4.79 Å². The average molecular weight is 232 g/mol. The molecule has 6 nitrogen and oxygen atoms in total. The van der Waals surface area contributed by atoms with E-state index in [2.05, 4.69) is 0 Å². The van der Waals surface area contributed by atoms with Gasteiger partial charge in [0.1, 0.15) is 18.6 Å². The van der Waals surface area contributed by atoms with Crippen LogP contribution in [0.1, 0.15) is 32.1 Å². The SMILES string of the molecule is NCCC[C@H](N)C(=O)O.O=CCCCC=O. The fourth-order valence-corrected chi connectivity index (χ4v) is 0.746. The molecule has 0 aliphatic rings. The van der Waals surface area contributed by atoms with Crippen molar-refractivity contribution in [3.63, 3.8) is 0 Å². The first kappa shape index (κ1) is 17.1. The smallest absolute Gasteiger partial charge is 0.320 e. The molecule has 0 bridgehead atoms. The molecule has 0 radical (unpaired) electrons. The van der Waals surface area contributed by atoms with Crippen LogP contribution in [0.4, 0.5) is 0 Å². The van der Waals surface area contributed by atoms with Crippen molar-refractivity contribution in [2.45, 2.75) is 38.1 Å². The number of carboxylic acid groups (broad SMARTS) is 1. The van der Waals surface area contributed by atoms with Gasteiger partial charge in [0, 0.05) is 12.8 Å². The van der Waals surface area contributed by atoms with E-state index in [0.717, 1.165) is 12.6 Å². The van der Waals surface area contributed by atoms with Crippen molar-refractivity contribution >= 4 is 18.5 Å². The first-order valence-corrected chi connectivity index (χ1v) is 5.15. The quantitative estimate of drug-likeness (QED) is 0.389. The Hall–Kier alpha value is -1.27. The zero-order valence-corrected chi connectivity index (χ0v) is 9.30. The van der Waals surface area contributed by atoms with Gasteiger partial charge in [0.05, 0.1) is 0 Å². The van der Waals surface area contributed by atoms with Gasteiger partial charge in [0.15, 0.2) is 0 Å². The van der Waals surface area contributed by atoms with Gasteiger partial charge in [-0.05, 0) is 25.8 Å². The molecule has 0 rings (SSSR count). The van der Waals surface area contributed by atoms with Crippen LogP contribution >= 0.6 is 0 Å². The second-order valence-corrected chi connectivity index (χ2v) is 3.14. The van der Waals surface area contributed by atoms with Crippen molar-refractivity contribution in [3.8, 4) is 0 Å². The number of unbranched alkanes of at least 4 members (excludes halogenated alkanes) is 2. The van der Waals surface area contributed by atoms with Crippen molar-refractivity contribution in [2.24, 2.45) is 11.5 Å². The number of hydrogen-bond acceptors (Lipinski definition) is 5. The largest absolute Gasteiger partial charge is 0.480 e. The van der Waals surface area contributed by atoms with E-state index in [-0.39, 0.29) is 0 Å². The molecule has 1 atom stereocenters. The maximum Gasteiger partial charge on any atom is 0.320 e. The van der Waals surface area contributed by atoms with Crippen molar-refractivity contribution in [3.05, 3.63) is 0 Å². The number of carbonyl (C=O) groups is 3. The molecule has 0 aliphatic heterocycles. The zero-order chi connectivity index (χ0) is 12.8. The fourth-order valence-electron chi connectivity index (χ4n) is 0.746. The number of carboxylic acids is 1. The number of rotatable bonds is 8. The lowest BCUT2D eigenvalue weighted by atomic mass is 10.2. The fraction of sp³-hybridized carbons (Fsp3) is 0.700. The van der Waals surface area contributed by atoms with E-state index in [4.69, 9.17) is 16.6 Å². The molecule has 0 saturated carbocycles. The summed E-state index contributed by atoms with van der Waals surface area (Å²) in [5.41, 5.74) is 10.3. The Bertz CT molecular complexity index is 189. The lowest BCUT2D eigenvalue weighted by Gasteiger charge is -2.02. The molecule has 0 aromatic rings. The normalized spacial score (nSPS) is 10.9. The molecular weight excluding hydrogens is 212 g/mol. The summed E-state index contributed by atoms with van der Waals surface area (Å²) < 4.78 is 0. The van der Waals surface area contributed by atoms with E-state index in [1.54, 1.807) is 0 Å². The molecule has 94 valence electrons. The van der Waals surface area contributed by atoms with Gasteiger partial charge in [0.25, 0.3) is 0 Å². The third-order valence-electron chi connectivity index (χ3n) is 1.68. The molecular formula is C10H20N2O4. The highest BCUT2D eigenvalue weighted by Gasteiger charge is 2.08. The molecule has 0 unspecified atom stereocenters. The number of aldehydes is 2. The van der Waals surface area contributed by atoms with Gasteiger partial charge >= 0.3 is 5.97 Å². The molecule has 0 aromatic carbocycles. The summed E-state index contributed by atoms with van der Waals surface area (Å²) in [6.45, 7) is 0.501. The Morgan fingerprint density at radius 1 is 1.19 bits per heavy atom. The Labute approximate surface area is 95.0 Å². The van der Waals surface area contributed by atoms with E-state index < -0.39 is 12.0 Å². The monoisotopic (exact) mass is 232 g/mol. The minimum Gasteiger partial charge on any atom is -0.480 e. The van der Waals surface area contributed by atoms with Crippen molar-refractivity contribution in [1.82, 2.24) is 0 Å². The molecule has 16 heavy (non-hydrogen) atoms.